The third-order valence-corrected chi connectivity index (χ3v) is 6.06. The van der Waals surface area contributed by atoms with Gasteiger partial charge in [0, 0.05) is 11.3 Å². The Labute approximate surface area is 176 Å². The third kappa shape index (κ3) is 3.93. The van der Waals surface area contributed by atoms with Crippen LogP contribution >= 0.6 is 0 Å². The van der Waals surface area contributed by atoms with Crippen molar-refractivity contribution >= 4 is 34.7 Å². The Morgan fingerprint density at radius 3 is 2.37 bits per heavy atom. The number of nitrogens with zero attached hydrogens (tertiary/aromatic N) is 2. The quantitative estimate of drug-likeness (QED) is 0.741. The highest BCUT2D eigenvalue weighted by molar-refractivity contribution is 6.10. The summed E-state index contributed by atoms with van der Waals surface area (Å²) in [6.45, 7) is 6.92. The standard InChI is InChI=1S/C23H26N4O3/c1-16(23(30)27-15-22(29)24-20-5-3-4-6-21(20)27)25-11-13-26(14-12-25)19-9-7-18(8-10-19)17(2)28/h3-10,16H,11-15H2,1-2H3,(H,24,29)/p+1/t16-/m0/s1. The van der Waals surface area contributed by atoms with Crippen LogP contribution in [-0.4, -0.2) is 56.4 Å². The number of fused-ring (bicyclic) bond motifs is 1. The van der Waals surface area contributed by atoms with Gasteiger partial charge in [0.1, 0.15) is 6.54 Å². The van der Waals surface area contributed by atoms with E-state index >= 15 is 0 Å². The second-order valence-electron chi connectivity index (χ2n) is 7.96. The van der Waals surface area contributed by atoms with E-state index < -0.39 is 0 Å². The molecule has 0 spiro atoms. The van der Waals surface area contributed by atoms with E-state index in [0.29, 0.717) is 11.3 Å². The third-order valence-electron chi connectivity index (χ3n) is 6.06. The number of ketones is 1. The van der Waals surface area contributed by atoms with E-state index in [1.165, 1.54) is 4.90 Å². The predicted molar refractivity (Wildman–Crippen MR) is 116 cm³/mol. The number of amides is 2. The minimum Gasteiger partial charge on any atom is -0.360 e. The van der Waals surface area contributed by atoms with Crippen LogP contribution in [0.1, 0.15) is 24.2 Å². The lowest BCUT2D eigenvalue weighted by atomic mass is 10.1. The van der Waals surface area contributed by atoms with Gasteiger partial charge in [-0.2, -0.15) is 0 Å². The van der Waals surface area contributed by atoms with Crippen molar-refractivity contribution in [2.24, 2.45) is 0 Å². The zero-order valence-corrected chi connectivity index (χ0v) is 17.4. The summed E-state index contributed by atoms with van der Waals surface area (Å²) in [4.78, 5) is 41.9. The average molecular weight is 407 g/mol. The van der Waals surface area contributed by atoms with Gasteiger partial charge >= 0.3 is 0 Å². The fourth-order valence-electron chi connectivity index (χ4n) is 4.23. The Morgan fingerprint density at radius 2 is 1.70 bits per heavy atom. The van der Waals surface area contributed by atoms with Gasteiger partial charge < -0.3 is 15.1 Å². The lowest BCUT2D eigenvalue weighted by Crippen LogP contribution is -3.19. The smallest absolute Gasteiger partial charge is 0.285 e. The number of hydrogen-bond acceptors (Lipinski definition) is 4. The highest BCUT2D eigenvalue weighted by Gasteiger charge is 2.35. The van der Waals surface area contributed by atoms with Gasteiger partial charge in [-0.15, -0.1) is 0 Å². The zero-order chi connectivity index (χ0) is 21.3. The molecule has 4 rings (SSSR count). The van der Waals surface area contributed by atoms with Crippen molar-refractivity contribution < 1.29 is 19.3 Å². The lowest BCUT2D eigenvalue weighted by Gasteiger charge is -2.38. The number of anilines is 3. The summed E-state index contributed by atoms with van der Waals surface area (Å²) in [5.41, 5.74) is 3.26. The van der Waals surface area contributed by atoms with E-state index in [0.717, 1.165) is 37.6 Å². The maximum atomic E-state index is 13.2. The summed E-state index contributed by atoms with van der Waals surface area (Å²) in [6, 6.07) is 14.9. The molecule has 1 fully saturated rings. The van der Waals surface area contributed by atoms with Gasteiger partial charge in [0.25, 0.3) is 5.91 Å². The Bertz CT molecular complexity index is 965. The molecule has 2 aromatic carbocycles. The van der Waals surface area contributed by atoms with Crippen molar-refractivity contribution in [3.05, 3.63) is 54.1 Å². The number of carbonyl (C=O) groups excluding carboxylic acids is 3. The van der Waals surface area contributed by atoms with Gasteiger partial charge in [0.2, 0.25) is 5.91 Å². The molecule has 7 heteroatoms. The molecule has 2 aliphatic heterocycles. The summed E-state index contributed by atoms with van der Waals surface area (Å²) >= 11 is 0. The largest absolute Gasteiger partial charge is 0.360 e. The van der Waals surface area contributed by atoms with Crippen molar-refractivity contribution in [1.29, 1.82) is 0 Å². The van der Waals surface area contributed by atoms with E-state index in [2.05, 4.69) is 10.2 Å². The van der Waals surface area contributed by atoms with Crippen LogP contribution in [0.5, 0.6) is 0 Å². The van der Waals surface area contributed by atoms with Crippen LogP contribution in [0.4, 0.5) is 17.1 Å². The van der Waals surface area contributed by atoms with Crippen molar-refractivity contribution in [2.45, 2.75) is 19.9 Å². The number of quaternary nitrogens is 1. The molecule has 1 atom stereocenters. The molecule has 0 aromatic heterocycles. The number of rotatable bonds is 4. The first-order chi connectivity index (χ1) is 14.4. The lowest BCUT2D eigenvalue weighted by molar-refractivity contribution is -0.914. The first-order valence-electron chi connectivity index (χ1n) is 10.3. The molecule has 0 unspecified atom stereocenters. The van der Waals surface area contributed by atoms with Crippen LogP contribution in [0.15, 0.2) is 48.5 Å². The second kappa shape index (κ2) is 8.28. The van der Waals surface area contributed by atoms with E-state index in [1.807, 2.05) is 55.5 Å². The van der Waals surface area contributed by atoms with Crippen molar-refractivity contribution in [1.82, 2.24) is 0 Å². The van der Waals surface area contributed by atoms with Gasteiger partial charge in [0.05, 0.1) is 37.6 Å². The number of nitrogens with one attached hydrogen (secondary N) is 2. The molecule has 7 nitrogen and oxygen atoms in total. The molecule has 0 bridgehead atoms. The molecule has 156 valence electrons. The maximum Gasteiger partial charge on any atom is 0.285 e. The second-order valence-corrected chi connectivity index (χ2v) is 7.96. The van der Waals surface area contributed by atoms with Crippen molar-refractivity contribution in [3.63, 3.8) is 0 Å². The van der Waals surface area contributed by atoms with Crippen LogP contribution in [0, 0.1) is 0 Å². The molecular formula is C23H27N4O3+. The molecule has 2 N–H and O–H groups in total. The van der Waals surface area contributed by atoms with Crippen LogP contribution in [0.3, 0.4) is 0 Å². The van der Waals surface area contributed by atoms with E-state index in [-0.39, 0.29) is 30.2 Å². The summed E-state index contributed by atoms with van der Waals surface area (Å²) in [5, 5.41) is 2.83. The molecule has 2 aliphatic rings. The van der Waals surface area contributed by atoms with Crippen LogP contribution in [0.2, 0.25) is 0 Å². The molecule has 1 saturated heterocycles. The molecule has 30 heavy (non-hydrogen) atoms. The molecule has 2 aromatic rings. The first kappa shape index (κ1) is 20.1. The number of Topliss-reactive ketones (excluding diaryl/α,β-unsaturated/α-hetero) is 1. The topological polar surface area (TPSA) is 74.2 Å². The van der Waals surface area contributed by atoms with Crippen molar-refractivity contribution in [3.8, 4) is 0 Å². The number of benzene rings is 2. The number of hydrogen-bond donors (Lipinski definition) is 2. The Hall–Kier alpha value is -3.19. The summed E-state index contributed by atoms with van der Waals surface area (Å²) in [6.07, 6.45) is 0. The number of piperazine rings is 1. The van der Waals surface area contributed by atoms with E-state index in [9.17, 15) is 14.4 Å². The number of para-hydroxylation sites is 2. The number of carbonyl (C=O) groups is 3. The van der Waals surface area contributed by atoms with Gasteiger partial charge in [0.15, 0.2) is 11.8 Å². The minimum atomic E-state index is -0.230. The SMILES string of the molecule is CC(=O)c1ccc(N2CC[NH+]([C@@H](C)C(=O)N3CC(=O)Nc4ccccc43)CC2)cc1. The average Bonchev–Trinajstić information content (AvgIpc) is 2.77. The Morgan fingerprint density at radius 1 is 1.03 bits per heavy atom. The summed E-state index contributed by atoms with van der Waals surface area (Å²) in [7, 11) is 0. The Balaban J connectivity index is 1.41. The predicted octanol–water partition coefficient (Wildman–Crippen LogP) is 0.968. The van der Waals surface area contributed by atoms with Crippen molar-refractivity contribution in [2.75, 3.05) is 47.8 Å². The summed E-state index contributed by atoms with van der Waals surface area (Å²) < 4.78 is 0. The minimum absolute atomic E-state index is 0.0217. The molecule has 0 aliphatic carbocycles. The first-order valence-corrected chi connectivity index (χ1v) is 10.3. The summed E-state index contributed by atoms with van der Waals surface area (Å²) in [5.74, 6) is -0.120. The highest BCUT2D eigenvalue weighted by atomic mass is 16.2. The molecular weight excluding hydrogens is 380 g/mol. The van der Waals surface area contributed by atoms with Crippen LogP contribution < -0.4 is 20.0 Å². The van der Waals surface area contributed by atoms with E-state index in [1.54, 1.807) is 11.8 Å². The Kier molecular flexibility index (Phi) is 5.55. The molecule has 0 radical (unpaired) electrons. The van der Waals surface area contributed by atoms with Crippen LogP contribution in [-0.2, 0) is 9.59 Å². The molecule has 0 saturated carbocycles. The maximum absolute atomic E-state index is 13.2. The highest BCUT2D eigenvalue weighted by Crippen LogP contribution is 2.29. The van der Waals surface area contributed by atoms with Gasteiger partial charge in [-0.25, -0.2) is 0 Å². The molecule has 2 heterocycles. The normalized spacial score (nSPS) is 17.9. The van der Waals surface area contributed by atoms with Gasteiger partial charge in [-0.05, 0) is 50.2 Å². The van der Waals surface area contributed by atoms with Gasteiger partial charge in [-0.3, -0.25) is 19.3 Å². The zero-order valence-electron chi connectivity index (χ0n) is 17.4. The monoisotopic (exact) mass is 407 g/mol. The molecule has 2 amide bonds. The van der Waals surface area contributed by atoms with Crippen LogP contribution in [0.25, 0.3) is 0 Å². The fourth-order valence-corrected chi connectivity index (χ4v) is 4.23. The van der Waals surface area contributed by atoms with Gasteiger partial charge in [-0.1, -0.05) is 12.1 Å². The van der Waals surface area contributed by atoms with E-state index in [4.69, 9.17) is 0 Å². The fraction of sp³-hybridized carbons (Fsp3) is 0.348.